The van der Waals surface area contributed by atoms with E-state index < -0.39 is 5.54 Å². The molecule has 1 saturated carbocycles. The highest BCUT2D eigenvalue weighted by molar-refractivity contribution is 5.82. The second kappa shape index (κ2) is 6.63. The molecular formula is C16H30N2O3. The lowest BCUT2D eigenvalue weighted by molar-refractivity contribution is -0.154. The molecule has 0 radical (unpaired) electrons. The number of likely N-dealkylation sites (N-methyl/N-ethyl adjacent to an activating group) is 1. The van der Waals surface area contributed by atoms with Crippen LogP contribution in [0.3, 0.4) is 0 Å². The van der Waals surface area contributed by atoms with E-state index in [2.05, 4.69) is 17.1 Å². The number of esters is 1. The number of hydrogen-bond donors (Lipinski definition) is 1. The van der Waals surface area contributed by atoms with Gasteiger partial charge in [-0.1, -0.05) is 0 Å². The van der Waals surface area contributed by atoms with Crippen LogP contribution < -0.4 is 5.32 Å². The molecule has 2 unspecified atom stereocenters. The van der Waals surface area contributed by atoms with Crippen molar-refractivity contribution in [2.24, 2.45) is 5.92 Å². The molecule has 1 aliphatic heterocycles. The Hall–Kier alpha value is -0.650. The van der Waals surface area contributed by atoms with Crippen LogP contribution in [0.15, 0.2) is 0 Å². The zero-order valence-corrected chi connectivity index (χ0v) is 13.9. The molecule has 0 aromatic rings. The molecule has 1 saturated heterocycles. The van der Waals surface area contributed by atoms with Crippen LogP contribution in [-0.4, -0.2) is 62.4 Å². The van der Waals surface area contributed by atoms with Gasteiger partial charge in [-0.05, 0) is 59.0 Å². The average molecular weight is 298 g/mol. The second-order valence-electron chi connectivity index (χ2n) is 6.68. The van der Waals surface area contributed by atoms with Gasteiger partial charge in [0.15, 0.2) is 0 Å². The molecule has 2 fully saturated rings. The number of methoxy groups -OCH3 is 1. The van der Waals surface area contributed by atoms with E-state index in [4.69, 9.17) is 9.47 Å². The van der Waals surface area contributed by atoms with Gasteiger partial charge in [-0.25, -0.2) is 4.79 Å². The number of carbonyl (C=O) groups excluding carboxylic acids is 1. The highest BCUT2D eigenvalue weighted by atomic mass is 16.5. The van der Waals surface area contributed by atoms with Crippen LogP contribution in [0.2, 0.25) is 0 Å². The fraction of sp³-hybridized carbons (Fsp3) is 0.938. The van der Waals surface area contributed by atoms with E-state index in [1.165, 1.54) is 0 Å². The molecule has 0 aromatic carbocycles. The first-order chi connectivity index (χ1) is 9.99. The molecule has 2 atom stereocenters. The zero-order valence-electron chi connectivity index (χ0n) is 13.9. The smallest absolute Gasteiger partial charge is 0.327 e. The van der Waals surface area contributed by atoms with Crippen molar-refractivity contribution in [3.63, 3.8) is 0 Å². The first-order valence-corrected chi connectivity index (χ1v) is 8.13. The van der Waals surface area contributed by atoms with Gasteiger partial charge in [-0.3, -0.25) is 4.90 Å². The minimum absolute atomic E-state index is 0.0975. The third-order valence-electron chi connectivity index (χ3n) is 5.06. The highest BCUT2D eigenvalue weighted by Crippen LogP contribution is 2.41. The maximum absolute atomic E-state index is 12.5. The van der Waals surface area contributed by atoms with Gasteiger partial charge in [-0.15, -0.1) is 0 Å². The van der Waals surface area contributed by atoms with Crippen LogP contribution in [0, 0.1) is 5.92 Å². The Morgan fingerprint density at radius 2 is 2.19 bits per heavy atom. The van der Waals surface area contributed by atoms with Crippen LogP contribution in [0.25, 0.3) is 0 Å². The number of rotatable bonds is 7. The SMILES string of the molecule is CCOC(=O)C(CN1CCCC(C)(OC)C1)(NC)C1CC1. The molecular weight excluding hydrogens is 268 g/mol. The van der Waals surface area contributed by atoms with Crippen molar-refractivity contribution in [2.75, 3.05) is 40.4 Å². The van der Waals surface area contributed by atoms with Crippen molar-refractivity contribution in [3.05, 3.63) is 0 Å². The molecule has 2 rings (SSSR count). The predicted molar refractivity (Wildman–Crippen MR) is 82.2 cm³/mol. The van der Waals surface area contributed by atoms with E-state index in [1.807, 2.05) is 14.0 Å². The average Bonchev–Trinajstić information content (AvgIpc) is 3.30. The molecule has 5 nitrogen and oxygen atoms in total. The lowest BCUT2D eigenvalue weighted by atomic mass is 9.89. The Morgan fingerprint density at radius 3 is 2.71 bits per heavy atom. The van der Waals surface area contributed by atoms with Gasteiger partial charge >= 0.3 is 5.97 Å². The summed E-state index contributed by atoms with van der Waals surface area (Å²) in [5.41, 5.74) is -0.655. The van der Waals surface area contributed by atoms with E-state index in [-0.39, 0.29) is 11.6 Å². The van der Waals surface area contributed by atoms with Crippen molar-refractivity contribution in [1.82, 2.24) is 10.2 Å². The molecule has 0 amide bonds. The summed E-state index contributed by atoms with van der Waals surface area (Å²) in [6.07, 6.45) is 4.40. The van der Waals surface area contributed by atoms with Crippen molar-refractivity contribution in [2.45, 2.75) is 50.7 Å². The second-order valence-corrected chi connectivity index (χ2v) is 6.68. The van der Waals surface area contributed by atoms with Crippen LogP contribution >= 0.6 is 0 Å². The fourth-order valence-electron chi connectivity index (χ4n) is 3.54. The zero-order chi connectivity index (χ0) is 15.5. The van der Waals surface area contributed by atoms with Crippen molar-refractivity contribution in [1.29, 1.82) is 0 Å². The van der Waals surface area contributed by atoms with Gasteiger partial charge in [0.25, 0.3) is 0 Å². The van der Waals surface area contributed by atoms with Crippen molar-refractivity contribution < 1.29 is 14.3 Å². The Bertz CT molecular complexity index is 373. The van der Waals surface area contributed by atoms with E-state index in [0.29, 0.717) is 19.1 Å². The molecule has 21 heavy (non-hydrogen) atoms. The topological polar surface area (TPSA) is 50.8 Å². The Balaban J connectivity index is 2.09. The van der Waals surface area contributed by atoms with E-state index in [0.717, 1.165) is 38.8 Å². The van der Waals surface area contributed by atoms with Gasteiger partial charge in [0.05, 0.1) is 12.2 Å². The maximum atomic E-state index is 12.5. The summed E-state index contributed by atoms with van der Waals surface area (Å²) in [6.45, 7) is 7.07. The molecule has 0 bridgehead atoms. The molecule has 5 heteroatoms. The third kappa shape index (κ3) is 3.58. The van der Waals surface area contributed by atoms with Crippen LogP contribution in [-0.2, 0) is 14.3 Å². The number of ether oxygens (including phenoxy) is 2. The highest BCUT2D eigenvalue weighted by Gasteiger charge is 2.52. The number of likely N-dealkylation sites (tertiary alicyclic amines) is 1. The normalized spacial score (nSPS) is 29.9. The lowest BCUT2D eigenvalue weighted by Gasteiger charge is -2.43. The standard InChI is InChI=1S/C16H30N2O3/c1-5-21-14(19)16(17-3,13-7-8-13)12-18-10-6-9-15(2,11-18)20-4/h13,17H,5-12H2,1-4H3. The van der Waals surface area contributed by atoms with Crippen molar-refractivity contribution in [3.8, 4) is 0 Å². The summed E-state index contributed by atoms with van der Waals surface area (Å²) in [5, 5.41) is 3.30. The summed E-state index contributed by atoms with van der Waals surface area (Å²) < 4.78 is 11.0. The predicted octanol–water partition coefficient (Wildman–Crippen LogP) is 1.42. The van der Waals surface area contributed by atoms with E-state index in [1.54, 1.807) is 7.11 Å². The number of hydrogen-bond acceptors (Lipinski definition) is 5. The first-order valence-electron chi connectivity index (χ1n) is 8.13. The monoisotopic (exact) mass is 298 g/mol. The van der Waals surface area contributed by atoms with Gasteiger partial charge in [0, 0.05) is 20.2 Å². The number of piperidine rings is 1. The van der Waals surface area contributed by atoms with E-state index >= 15 is 0 Å². The molecule has 1 aliphatic carbocycles. The summed E-state index contributed by atoms with van der Waals surface area (Å²) in [5.74, 6) is 0.303. The third-order valence-corrected chi connectivity index (χ3v) is 5.06. The molecule has 1 heterocycles. The minimum atomic E-state index is -0.554. The molecule has 122 valence electrons. The summed E-state index contributed by atoms with van der Waals surface area (Å²) in [6, 6.07) is 0. The summed E-state index contributed by atoms with van der Waals surface area (Å²) in [7, 11) is 3.66. The molecule has 1 N–H and O–H groups in total. The quantitative estimate of drug-likeness (QED) is 0.720. The fourth-order valence-corrected chi connectivity index (χ4v) is 3.54. The minimum Gasteiger partial charge on any atom is -0.465 e. The number of carbonyl (C=O) groups is 1. The maximum Gasteiger partial charge on any atom is 0.327 e. The molecule has 2 aliphatic rings. The summed E-state index contributed by atoms with van der Waals surface area (Å²) >= 11 is 0. The van der Waals surface area contributed by atoms with Crippen LogP contribution in [0.1, 0.15) is 39.5 Å². The Morgan fingerprint density at radius 1 is 1.48 bits per heavy atom. The van der Waals surface area contributed by atoms with Gasteiger partial charge in [0.1, 0.15) is 5.54 Å². The van der Waals surface area contributed by atoms with Gasteiger partial charge < -0.3 is 14.8 Å². The molecule has 0 spiro atoms. The number of nitrogens with one attached hydrogen (secondary N) is 1. The first kappa shape index (κ1) is 16.7. The summed E-state index contributed by atoms with van der Waals surface area (Å²) in [4.78, 5) is 14.9. The lowest BCUT2D eigenvalue weighted by Crippen LogP contribution is -2.62. The van der Waals surface area contributed by atoms with Crippen molar-refractivity contribution >= 4 is 5.97 Å². The Kier molecular flexibility index (Phi) is 5.28. The van der Waals surface area contributed by atoms with Crippen LogP contribution in [0.5, 0.6) is 0 Å². The molecule has 0 aromatic heterocycles. The number of nitrogens with zero attached hydrogens (tertiary/aromatic N) is 1. The van der Waals surface area contributed by atoms with Gasteiger partial charge in [-0.2, -0.15) is 0 Å². The largest absolute Gasteiger partial charge is 0.465 e. The van der Waals surface area contributed by atoms with Gasteiger partial charge in [0.2, 0.25) is 0 Å². The van der Waals surface area contributed by atoms with Crippen LogP contribution in [0.4, 0.5) is 0 Å². The van der Waals surface area contributed by atoms with E-state index in [9.17, 15) is 4.79 Å². The Labute approximate surface area is 128 Å².